The fourth-order valence-corrected chi connectivity index (χ4v) is 2.22. The highest BCUT2D eigenvalue weighted by Crippen LogP contribution is 2.22. The van der Waals surface area contributed by atoms with Gasteiger partial charge in [-0.25, -0.2) is 4.39 Å². The second kappa shape index (κ2) is 7.44. The molecular weight excluding hydrogens is 265 g/mol. The molecule has 0 radical (unpaired) electrons. The first-order chi connectivity index (χ1) is 10.2. The van der Waals surface area contributed by atoms with Gasteiger partial charge in [-0.2, -0.15) is 5.26 Å². The minimum Gasteiger partial charge on any atom is -0.493 e. The van der Waals surface area contributed by atoms with Gasteiger partial charge in [-0.1, -0.05) is 37.3 Å². The molecule has 0 heterocycles. The summed E-state index contributed by atoms with van der Waals surface area (Å²) >= 11 is 0. The third-order valence-corrected chi connectivity index (χ3v) is 3.45. The quantitative estimate of drug-likeness (QED) is 0.784. The SMILES string of the molecule is CCc1ccccc1OCCC(C#N)c1ccc(F)cc1. The molecule has 108 valence electrons. The van der Waals surface area contributed by atoms with E-state index in [0.29, 0.717) is 13.0 Å². The van der Waals surface area contributed by atoms with Crippen LogP contribution in [-0.4, -0.2) is 6.61 Å². The van der Waals surface area contributed by atoms with E-state index in [1.807, 2.05) is 24.3 Å². The van der Waals surface area contributed by atoms with E-state index in [0.717, 1.165) is 23.3 Å². The maximum Gasteiger partial charge on any atom is 0.123 e. The zero-order valence-electron chi connectivity index (χ0n) is 12.1. The Morgan fingerprint density at radius 3 is 2.52 bits per heavy atom. The van der Waals surface area contributed by atoms with E-state index in [9.17, 15) is 9.65 Å². The van der Waals surface area contributed by atoms with Crippen molar-refractivity contribution in [1.29, 1.82) is 5.26 Å². The molecule has 1 atom stereocenters. The number of nitriles is 1. The van der Waals surface area contributed by atoms with Crippen LogP contribution in [0.25, 0.3) is 0 Å². The lowest BCUT2D eigenvalue weighted by atomic mass is 9.98. The van der Waals surface area contributed by atoms with Crippen LogP contribution in [0.3, 0.4) is 0 Å². The van der Waals surface area contributed by atoms with Crippen molar-refractivity contribution in [2.45, 2.75) is 25.7 Å². The van der Waals surface area contributed by atoms with Gasteiger partial charge in [-0.05, 0) is 35.7 Å². The van der Waals surface area contributed by atoms with Crippen LogP contribution < -0.4 is 4.74 Å². The molecule has 0 aliphatic carbocycles. The summed E-state index contributed by atoms with van der Waals surface area (Å²) in [5.41, 5.74) is 1.99. The Bertz CT molecular complexity index is 616. The van der Waals surface area contributed by atoms with Crippen LogP contribution >= 0.6 is 0 Å². The summed E-state index contributed by atoms with van der Waals surface area (Å²) in [5, 5.41) is 9.25. The maximum atomic E-state index is 12.9. The second-order valence-electron chi connectivity index (χ2n) is 4.83. The Labute approximate surface area is 124 Å². The van der Waals surface area contributed by atoms with E-state index in [-0.39, 0.29) is 11.7 Å². The molecule has 3 heteroatoms. The van der Waals surface area contributed by atoms with E-state index in [1.165, 1.54) is 12.1 Å². The third kappa shape index (κ3) is 4.06. The Balaban J connectivity index is 1.95. The van der Waals surface area contributed by atoms with Crippen molar-refractivity contribution in [1.82, 2.24) is 0 Å². The zero-order valence-corrected chi connectivity index (χ0v) is 12.1. The Morgan fingerprint density at radius 1 is 1.14 bits per heavy atom. The lowest BCUT2D eigenvalue weighted by Gasteiger charge is -2.13. The van der Waals surface area contributed by atoms with Gasteiger partial charge in [-0.3, -0.25) is 0 Å². The Kier molecular flexibility index (Phi) is 5.34. The van der Waals surface area contributed by atoms with Gasteiger partial charge in [0.1, 0.15) is 11.6 Å². The van der Waals surface area contributed by atoms with Gasteiger partial charge in [0.25, 0.3) is 0 Å². The minimum atomic E-state index is -0.288. The number of nitrogens with zero attached hydrogens (tertiary/aromatic N) is 1. The summed E-state index contributed by atoms with van der Waals surface area (Å²) < 4.78 is 18.7. The number of hydrogen-bond donors (Lipinski definition) is 0. The average Bonchev–Trinajstić information content (AvgIpc) is 2.53. The van der Waals surface area contributed by atoms with Crippen LogP contribution in [0.4, 0.5) is 4.39 Å². The molecule has 0 saturated heterocycles. The first-order valence-electron chi connectivity index (χ1n) is 7.10. The van der Waals surface area contributed by atoms with Crippen LogP contribution in [0.15, 0.2) is 48.5 Å². The highest BCUT2D eigenvalue weighted by atomic mass is 19.1. The van der Waals surface area contributed by atoms with Gasteiger partial charge in [0.15, 0.2) is 0 Å². The zero-order chi connectivity index (χ0) is 15.1. The van der Waals surface area contributed by atoms with Crippen molar-refractivity contribution in [3.05, 3.63) is 65.5 Å². The molecule has 0 aromatic heterocycles. The number of halogens is 1. The smallest absolute Gasteiger partial charge is 0.123 e. The number of aryl methyl sites for hydroxylation is 1. The first-order valence-corrected chi connectivity index (χ1v) is 7.10. The molecule has 0 aliphatic heterocycles. The van der Waals surface area contributed by atoms with Gasteiger partial charge >= 0.3 is 0 Å². The van der Waals surface area contributed by atoms with Crippen molar-refractivity contribution in [3.63, 3.8) is 0 Å². The van der Waals surface area contributed by atoms with Crippen molar-refractivity contribution >= 4 is 0 Å². The molecule has 0 N–H and O–H groups in total. The summed E-state index contributed by atoms with van der Waals surface area (Å²) in [7, 11) is 0. The topological polar surface area (TPSA) is 33.0 Å². The summed E-state index contributed by atoms with van der Waals surface area (Å²) in [4.78, 5) is 0. The predicted octanol–water partition coefficient (Wildman–Crippen LogP) is 4.46. The molecule has 0 aliphatic rings. The van der Waals surface area contributed by atoms with Crippen molar-refractivity contribution in [2.24, 2.45) is 0 Å². The van der Waals surface area contributed by atoms with Crippen molar-refractivity contribution < 1.29 is 9.13 Å². The van der Waals surface area contributed by atoms with Crippen LogP contribution in [0.1, 0.15) is 30.4 Å². The van der Waals surface area contributed by atoms with Gasteiger partial charge < -0.3 is 4.74 Å². The molecule has 0 bridgehead atoms. The molecule has 1 unspecified atom stereocenters. The van der Waals surface area contributed by atoms with Crippen molar-refractivity contribution in [3.8, 4) is 11.8 Å². The molecule has 2 aromatic carbocycles. The molecule has 0 amide bonds. The largest absolute Gasteiger partial charge is 0.493 e. The number of ether oxygens (including phenoxy) is 1. The number of benzene rings is 2. The van der Waals surface area contributed by atoms with E-state index < -0.39 is 0 Å². The Hall–Kier alpha value is -2.34. The van der Waals surface area contributed by atoms with Crippen LogP contribution in [0.5, 0.6) is 5.75 Å². The number of para-hydroxylation sites is 1. The molecule has 2 nitrogen and oxygen atoms in total. The minimum absolute atomic E-state index is 0.278. The normalized spacial score (nSPS) is 11.7. The molecule has 0 saturated carbocycles. The van der Waals surface area contributed by atoms with E-state index >= 15 is 0 Å². The fraction of sp³-hybridized carbons (Fsp3) is 0.278. The van der Waals surface area contributed by atoms with Gasteiger partial charge in [-0.15, -0.1) is 0 Å². The van der Waals surface area contributed by atoms with Gasteiger partial charge in [0.2, 0.25) is 0 Å². The lowest BCUT2D eigenvalue weighted by molar-refractivity contribution is 0.303. The number of rotatable bonds is 6. The van der Waals surface area contributed by atoms with Gasteiger partial charge in [0, 0.05) is 6.42 Å². The molecule has 2 rings (SSSR count). The van der Waals surface area contributed by atoms with Crippen LogP contribution in [-0.2, 0) is 6.42 Å². The molecule has 2 aromatic rings. The van der Waals surface area contributed by atoms with Crippen molar-refractivity contribution in [2.75, 3.05) is 6.61 Å². The fourth-order valence-electron chi connectivity index (χ4n) is 2.22. The highest BCUT2D eigenvalue weighted by Gasteiger charge is 2.11. The molecule has 21 heavy (non-hydrogen) atoms. The van der Waals surface area contributed by atoms with E-state index in [1.54, 1.807) is 12.1 Å². The van der Waals surface area contributed by atoms with E-state index in [2.05, 4.69) is 13.0 Å². The highest BCUT2D eigenvalue weighted by molar-refractivity contribution is 5.33. The molecule has 0 fully saturated rings. The van der Waals surface area contributed by atoms with Gasteiger partial charge in [0.05, 0.1) is 18.6 Å². The Morgan fingerprint density at radius 2 is 1.86 bits per heavy atom. The molecule has 0 spiro atoms. The maximum absolute atomic E-state index is 12.9. The summed E-state index contributed by atoms with van der Waals surface area (Å²) in [6, 6.07) is 16.2. The third-order valence-electron chi connectivity index (χ3n) is 3.45. The summed E-state index contributed by atoms with van der Waals surface area (Å²) in [6.45, 7) is 2.55. The predicted molar refractivity (Wildman–Crippen MR) is 80.7 cm³/mol. The van der Waals surface area contributed by atoms with Crippen LogP contribution in [0.2, 0.25) is 0 Å². The second-order valence-corrected chi connectivity index (χ2v) is 4.83. The first kappa shape index (κ1) is 15.1. The van der Waals surface area contributed by atoms with E-state index in [4.69, 9.17) is 4.74 Å². The monoisotopic (exact) mass is 283 g/mol. The standard InChI is InChI=1S/C18H18FNO/c1-2-14-5-3-4-6-18(14)21-12-11-16(13-20)15-7-9-17(19)10-8-15/h3-10,16H,2,11-12H2,1H3. The summed E-state index contributed by atoms with van der Waals surface area (Å²) in [6.07, 6.45) is 1.50. The summed E-state index contributed by atoms with van der Waals surface area (Å²) in [5.74, 6) is 0.304. The number of hydrogen-bond acceptors (Lipinski definition) is 2. The lowest BCUT2D eigenvalue weighted by Crippen LogP contribution is -2.05. The van der Waals surface area contributed by atoms with Crippen LogP contribution in [0, 0.1) is 17.1 Å². The molecular formula is C18H18FNO. The average molecular weight is 283 g/mol.